The fourth-order valence-electron chi connectivity index (χ4n) is 2.83. The molecule has 2 aliphatic rings. The summed E-state index contributed by atoms with van der Waals surface area (Å²) in [6.45, 7) is 4.39. The summed E-state index contributed by atoms with van der Waals surface area (Å²) in [6.07, 6.45) is 7.83. The number of aromatic nitrogens is 2. The molecule has 2 heterocycles. The van der Waals surface area contributed by atoms with Gasteiger partial charge in [-0.1, -0.05) is 0 Å². The van der Waals surface area contributed by atoms with Crippen LogP contribution in [-0.4, -0.2) is 36.1 Å². The van der Waals surface area contributed by atoms with Crippen LogP contribution in [0, 0.1) is 0 Å². The van der Waals surface area contributed by atoms with Gasteiger partial charge in [0, 0.05) is 30.9 Å². The molecule has 1 N–H and O–H groups in total. The molecule has 17 heavy (non-hydrogen) atoms. The summed E-state index contributed by atoms with van der Waals surface area (Å²) in [7, 11) is 0. The van der Waals surface area contributed by atoms with Crippen molar-refractivity contribution in [1.82, 2.24) is 15.3 Å². The van der Waals surface area contributed by atoms with E-state index in [0.717, 1.165) is 39.0 Å². The van der Waals surface area contributed by atoms with E-state index in [-0.39, 0.29) is 0 Å². The number of hydrogen-bond donors (Lipinski definition) is 1. The molecular weight excluding hydrogens is 212 g/mol. The molecule has 92 valence electrons. The van der Waals surface area contributed by atoms with Crippen molar-refractivity contribution in [1.29, 1.82) is 0 Å². The Kier molecular flexibility index (Phi) is 3.22. The zero-order chi connectivity index (χ0) is 11.5. The zero-order valence-electron chi connectivity index (χ0n) is 10.3. The predicted octanol–water partition coefficient (Wildman–Crippen LogP) is 1.16. The van der Waals surface area contributed by atoms with Gasteiger partial charge < -0.3 is 10.2 Å². The van der Waals surface area contributed by atoms with Crippen LogP contribution >= 0.6 is 0 Å². The summed E-state index contributed by atoms with van der Waals surface area (Å²) in [6, 6.07) is 0. The first kappa shape index (κ1) is 11.0. The Labute approximate surface area is 102 Å². The zero-order valence-corrected chi connectivity index (χ0v) is 10.3. The lowest BCUT2D eigenvalue weighted by atomic mass is 9.96. The van der Waals surface area contributed by atoms with Gasteiger partial charge in [0.25, 0.3) is 0 Å². The normalized spacial score (nSPS) is 20.8. The summed E-state index contributed by atoms with van der Waals surface area (Å²) in [5, 5.41) is 3.44. The summed E-state index contributed by atoms with van der Waals surface area (Å²) in [5.74, 6) is 1.21. The van der Waals surface area contributed by atoms with Crippen molar-refractivity contribution in [3.05, 3.63) is 17.6 Å². The average molecular weight is 232 g/mol. The largest absolute Gasteiger partial charge is 0.355 e. The van der Waals surface area contributed by atoms with Crippen LogP contribution in [0.15, 0.2) is 6.33 Å². The van der Waals surface area contributed by atoms with Gasteiger partial charge in [0.05, 0.1) is 0 Å². The van der Waals surface area contributed by atoms with Gasteiger partial charge in [0.15, 0.2) is 0 Å². The van der Waals surface area contributed by atoms with E-state index in [9.17, 15) is 0 Å². The molecule has 1 aliphatic carbocycles. The molecule has 1 fully saturated rings. The first-order valence-corrected chi connectivity index (χ1v) is 6.73. The molecule has 0 saturated carbocycles. The van der Waals surface area contributed by atoms with Crippen LogP contribution in [0.5, 0.6) is 0 Å². The maximum atomic E-state index is 4.54. The lowest BCUT2D eigenvalue weighted by Crippen LogP contribution is -2.30. The topological polar surface area (TPSA) is 41.1 Å². The molecule has 0 unspecified atom stereocenters. The first-order chi connectivity index (χ1) is 8.45. The van der Waals surface area contributed by atoms with Crippen molar-refractivity contribution in [3.63, 3.8) is 0 Å². The molecule has 0 bridgehead atoms. The minimum absolute atomic E-state index is 1.07. The van der Waals surface area contributed by atoms with E-state index < -0.39 is 0 Å². The average Bonchev–Trinajstić information content (AvgIpc) is 2.67. The van der Waals surface area contributed by atoms with Crippen molar-refractivity contribution >= 4 is 5.82 Å². The van der Waals surface area contributed by atoms with Crippen molar-refractivity contribution in [2.24, 2.45) is 0 Å². The molecule has 3 rings (SSSR count). The third-order valence-electron chi connectivity index (χ3n) is 3.74. The van der Waals surface area contributed by atoms with Gasteiger partial charge >= 0.3 is 0 Å². The maximum Gasteiger partial charge on any atom is 0.135 e. The molecule has 1 aliphatic heterocycles. The maximum absolute atomic E-state index is 4.54. The van der Waals surface area contributed by atoms with Crippen LogP contribution in [0.1, 0.15) is 30.5 Å². The highest BCUT2D eigenvalue weighted by atomic mass is 15.2. The second kappa shape index (κ2) is 5.00. The highest BCUT2D eigenvalue weighted by Gasteiger charge is 2.20. The Morgan fingerprint density at radius 3 is 2.94 bits per heavy atom. The summed E-state index contributed by atoms with van der Waals surface area (Å²) < 4.78 is 0. The van der Waals surface area contributed by atoms with Gasteiger partial charge in [-0.25, -0.2) is 9.97 Å². The predicted molar refractivity (Wildman–Crippen MR) is 68.4 cm³/mol. The quantitative estimate of drug-likeness (QED) is 0.789. The fraction of sp³-hybridized carbons (Fsp3) is 0.692. The molecule has 4 nitrogen and oxygen atoms in total. The minimum atomic E-state index is 1.07. The molecule has 0 aromatic carbocycles. The first-order valence-electron chi connectivity index (χ1n) is 6.73. The van der Waals surface area contributed by atoms with Gasteiger partial charge in [-0.05, 0) is 38.6 Å². The smallest absolute Gasteiger partial charge is 0.135 e. The van der Waals surface area contributed by atoms with E-state index in [4.69, 9.17) is 0 Å². The van der Waals surface area contributed by atoms with E-state index in [1.165, 1.54) is 36.3 Å². The molecule has 0 radical (unpaired) electrons. The number of rotatable bonds is 1. The van der Waals surface area contributed by atoms with Gasteiger partial charge in [-0.3, -0.25) is 0 Å². The van der Waals surface area contributed by atoms with E-state index in [1.807, 2.05) is 0 Å². The summed E-state index contributed by atoms with van der Waals surface area (Å²) >= 11 is 0. The Hall–Kier alpha value is -1.16. The highest BCUT2D eigenvalue weighted by Crippen LogP contribution is 2.27. The molecular formula is C13H20N4. The Morgan fingerprint density at radius 1 is 1.00 bits per heavy atom. The van der Waals surface area contributed by atoms with Crippen molar-refractivity contribution in [2.45, 2.75) is 32.1 Å². The monoisotopic (exact) mass is 232 g/mol. The molecule has 1 aromatic rings. The van der Waals surface area contributed by atoms with Crippen molar-refractivity contribution in [3.8, 4) is 0 Å². The van der Waals surface area contributed by atoms with Gasteiger partial charge in [-0.2, -0.15) is 0 Å². The van der Waals surface area contributed by atoms with E-state index in [2.05, 4.69) is 20.2 Å². The van der Waals surface area contributed by atoms with Crippen LogP contribution in [0.25, 0.3) is 0 Å². The lowest BCUT2D eigenvalue weighted by Gasteiger charge is -2.26. The van der Waals surface area contributed by atoms with Gasteiger partial charge in [-0.15, -0.1) is 0 Å². The highest BCUT2D eigenvalue weighted by molar-refractivity contribution is 5.49. The Bertz CT molecular complexity index is 383. The minimum Gasteiger partial charge on any atom is -0.355 e. The number of aryl methyl sites for hydroxylation is 1. The number of nitrogens with one attached hydrogen (secondary N) is 1. The molecule has 4 heteroatoms. The lowest BCUT2D eigenvalue weighted by molar-refractivity contribution is 0.654. The molecule has 1 saturated heterocycles. The molecule has 0 amide bonds. The second-order valence-electron chi connectivity index (χ2n) is 4.92. The third-order valence-corrected chi connectivity index (χ3v) is 3.74. The second-order valence-corrected chi connectivity index (χ2v) is 4.92. The fourth-order valence-corrected chi connectivity index (χ4v) is 2.83. The Balaban J connectivity index is 1.90. The van der Waals surface area contributed by atoms with Crippen LogP contribution < -0.4 is 10.2 Å². The van der Waals surface area contributed by atoms with E-state index in [0.29, 0.717) is 0 Å². The molecule has 0 spiro atoms. The van der Waals surface area contributed by atoms with Crippen LogP contribution in [0.2, 0.25) is 0 Å². The Morgan fingerprint density at radius 2 is 1.94 bits per heavy atom. The van der Waals surface area contributed by atoms with E-state index in [1.54, 1.807) is 6.33 Å². The number of fused-ring (bicyclic) bond motifs is 1. The van der Waals surface area contributed by atoms with Crippen LogP contribution in [-0.2, 0) is 12.8 Å². The van der Waals surface area contributed by atoms with Crippen LogP contribution in [0.3, 0.4) is 0 Å². The van der Waals surface area contributed by atoms with Gasteiger partial charge in [0.1, 0.15) is 12.1 Å². The van der Waals surface area contributed by atoms with E-state index >= 15 is 0 Å². The number of nitrogens with zero attached hydrogens (tertiary/aromatic N) is 3. The summed E-state index contributed by atoms with van der Waals surface area (Å²) in [5.41, 5.74) is 2.71. The van der Waals surface area contributed by atoms with Gasteiger partial charge in [0.2, 0.25) is 0 Å². The summed E-state index contributed by atoms with van der Waals surface area (Å²) in [4.78, 5) is 11.4. The van der Waals surface area contributed by atoms with Crippen molar-refractivity contribution < 1.29 is 0 Å². The number of anilines is 1. The molecule has 1 aromatic heterocycles. The van der Waals surface area contributed by atoms with Crippen molar-refractivity contribution in [2.75, 3.05) is 31.1 Å². The van der Waals surface area contributed by atoms with Crippen LogP contribution in [0.4, 0.5) is 5.82 Å². The standard InChI is InChI=1S/C13H20N4/c1-2-5-12-11(4-1)13(16-10-15-12)17-8-3-6-14-7-9-17/h10,14H,1-9H2. The third kappa shape index (κ3) is 2.27. The SMILES string of the molecule is c1nc2c(c(N3CCCNCC3)n1)CCCC2. The number of hydrogen-bond acceptors (Lipinski definition) is 4. The molecule has 0 atom stereocenters.